The molecule has 0 spiro atoms. The highest BCUT2D eigenvalue weighted by Crippen LogP contribution is 2.17. The number of unbranched alkanes of at least 4 members (excludes halogenated alkanes) is 2. The summed E-state index contributed by atoms with van der Waals surface area (Å²) in [7, 11) is 0.141. The van der Waals surface area contributed by atoms with Gasteiger partial charge in [0.1, 0.15) is 8.16 Å². The molecule has 50 valence electrons. The van der Waals surface area contributed by atoms with E-state index in [0.717, 1.165) is 13.0 Å². The Labute approximate surface area is 57.4 Å². The molecule has 0 aliphatic heterocycles. The predicted octanol–water partition coefficient (Wildman–Crippen LogP) is 2.94. The fourth-order valence-electron chi connectivity index (χ4n) is 0.463. The molecule has 0 radical (unpaired) electrons. The van der Waals surface area contributed by atoms with Crippen molar-refractivity contribution >= 4 is 19.4 Å². The van der Waals surface area contributed by atoms with Gasteiger partial charge in [-0.1, -0.05) is 31.0 Å². The standard InChI is InChI=1S/C5H12ClOP/c1-2-3-4-5-7-8-6/h8H,2-5H2,1H3. The summed E-state index contributed by atoms with van der Waals surface area (Å²) >= 11 is 5.29. The molecule has 0 N–H and O–H groups in total. The van der Waals surface area contributed by atoms with Crippen molar-refractivity contribution in [3.8, 4) is 0 Å². The topological polar surface area (TPSA) is 9.23 Å². The zero-order valence-corrected chi connectivity index (χ0v) is 6.87. The second kappa shape index (κ2) is 7.68. The number of rotatable bonds is 5. The van der Waals surface area contributed by atoms with Crippen LogP contribution in [-0.2, 0) is 4.52 Å². The minimum Gasteiger partial charge on any atom is -0.346 e. The Morgan fingerprint density at radius 1 is 1.50 bits per heavy atom. The molecule has 0 heterocycles. The number of hydrogen-bond donors (Lipinski definition) is 0. The van der Waals surface area contributed by atoms with Gasteiger partial charge in [0.2, 0.25) is 0 Å². The largest absolute Gasteiger partial charge is 0.346 e. The summed E-state index contributed by atoms with van der Waals surface area (Å²) in [6, 6.07) is 0. The van der Waals surface area contributed by atoms with Gasteiger partial charge in [0.05, 0.1) is 6.61 Å². The minimum atomic E-state index is 0.141. The lowest BCUT2D eigenvalue weighted by Crippen LogP contribution is -1.82. The van der Waals surface area contributed by atoms with Crippen molar-refractivity contribution in [2.75, 3.05) is 6.61 Å². The molecule has 0 aromatic carbocycles. The molecular weight excluding hydrogens is 142 g/mol. The molecule has 0 aromatic heterocycles. The molecule has 1 unspecified atom stereocenters. The van der Waals surface area contributed by atoms with E-state index in [0.29, 0.717) is 0 Å². The van der Waals surface area contributed by atoms with Gasteiger partial charge in [0, 0.05) is 0 Å². The molecule has 0 aliphatic carbocycles. The fourth-order valence-corrected chi connectivity index (χ4v) is 0.916. The van der Waals surface area contributed by atoms with Gasteiger partial charge in [-0.2, -0.15) is 0 Å². The molecule has 0 fully saturated rings. The van der Waals surface area contributed by atoms with Crippen molar-refractivity contribution in [2.45, 2.75) is 26.2 Å². The maximum Gasteiger partial charge on any atom is 0.110 e. The molecule has 0 saturated carbocycles. The van der Waals surface area contributed by atoms with E-state index in [1.807, 2.05) is 0 Å². The third-order valence-electron chi connectivity index (χ3n) is 0.905. The lowest BCUT2D eigenvalue weighted by Gasteiger charge is -1.95. The summed E-state index contributed by atoms with van der Waals surface area (Å²) in [5.41, 5.74) is 0. The molecule has 0 amide bonds. The molecule has 0 aromatic rings. The lowest BCUT2D eigenvalue weighted by molar-refractivity contribution is 0.353. The summed E-state index contributed by atoms with van der Waals surface area (Å²) in [4.78, 5) is 0. The van der Waals surface area contributed by atoms with Gasteiger partial charge in [-0.3, -0.25) is 0 Å². The smallest absolute Gasteiger partial charge is 0.110 e. The van der Waals surface area contributed by atoms with Gasteiger partial charge in [-0.15, -0.1) is 0 Å². The Hall–Kier alpha value is 0.680. The van der Waals surface area contributed by atoms with Crippen molar-refractivity contribution in [3.63, 3.8) is 0 Å². The molecule has 1 atom stereocenters. The SMILES string of the molecule is CCCCCOPCl. The number of hydrogen-bond acceptors (Lipinski definition) is 1. The van der Waals surface area contributed by atoms with Crippen LogP contribution in [0.2, 0.25) is 0 Å². The third-order valence-corrected chi connectivity index (χ3v) is 1.55. The average Bonchev–Trinajstić information content (AvgIpc) is 1.81. The maximum atomic E-state index is 5.29. The normalized spacial score (nSPS) is 11.2. The van der Waals surface area contributed by atoms with Crippen LogP contribution in [-0.4, -0.2) is 6.61 Å². The molecule has 0 bridgehead atoms. The van der Waals surface area contributed by atoms with Gasteiger partial charge in [-0.25, -0.2) is 0 Å². The summed E-state index contributed by atoms with van der Waals surface area (Å²) in [5.74, 6) is 0. The Morgan fingerprint density at radius 3 is 2.75 bits per heavy atom. The van der Waals surface area contributed by atoms with Gasteiger partial charge in [0.25, 0.3) is 0 Å². The monoisotopic (exact) mass is 154 g/mol. The first kappa shape index (κ1) is 8.68. The summed E-state index contributed by atoms with van der Waals surface area (Å²) in [6.07, 6.45) is 3.65. The molecule has 8 heavy (non-hydrogen) atoms. The molecule has 0 rings (SSSR count). The van der Waals surface area contributed by atoms with Crippen molar-refractivity contribution in [2.24, 2.45) is 0 Å². The highest BCUT2D eigenvalue weighted by molar-refractivity contribution is 7.64. The first-order valence-corrected chi connectivity index (χ1v) is 4.81. The predicted molar refractivity (Wildman–Crippen MR) is 39.6 cm³/mol. The Morgan fingerprint density at radius 2 is 2.25 bits per heavy atom. The molecule has 0 aliphatic rings. The van der Waals surface area contributed by atoms with Crippen LogP contribution >= 0.6 is 19.4 Å². The van der Waals surface area contributed by atoms with Gasteiger partial charge < -0.3 is 4.52 Å². The van der Waals surface area contributed by atoms with Crippen LogP contribution in [0.25, 0.3) is 0 Å². The highest BCUT2D eigenvalue weighted by Gasteiger charge is 1.83. The highest BCUT2D eigenvalue weighted by atomic mass is 35.7. The summed E-state index contributed by atoms with van der Waals surface area (Å²) in [5, 5.41) is 0. The van der Waals surface area contributed by atoms with E-state index in [2.05, 4.69) is 6.92 Å². The van der Waals surface area contributed by atoms with Crippen molar-refractivity contribution in [1.29, 1.82) is 0 Å². The molecule has 3 heteroatoms. The first-order valence-electron chi connectivity index (χ1n) is 2.89. The first-order chi connectivity index (χ1) is 3.91. The van der Waals surface area contributed by atoms with Gasteiger partial charge in [0.15, 0.2) is 0 Å². The van der Waals surface area contributed by atoms with Crippen LogP contribution in [0.15, 0.2) is 0 Å². The molecular formula is C5H12ClOP. The number of halogens is 1. The maximum absolute atomic E-state index is 5.29. The van der Waals surface area contributed by atoms with E-state index in [9.17, 15) is 0 Å². The van der Waals surface area contributed by atoms with Crippen LogP contribution in [0.5, 0.6) is 0 Å². The quantitative estimate of drug-likeness (QED) is 0.437. The van der Waals surface area contributed by atoms with Gasteiger partial charge in [-0.05, 0) is 6.42 Å². The van der Waals surface area contributed by atoms with Crippen molar-refractivity contribution in [3.05, 3.63) is 0 Å². The molecule has 1 nitrogen and oxygen atoms in total. The van der Waals surface area contributed by atoms with Crippen molar-refractivity contribution < 1.29 is 4.52 Å². The van der Waals surface area contributed by atoms with Crippen molar-refractivity contribution in [1.82, 2.24) is 0 Å². The summed E-state index contributed by atoms with van der Waals surface area (Å²) in [6.45, 7) is 3.00. The second-order valence-electron chi connectivity index (χ2n) is 1.63. The van der Waals surface area contributed by atoms with E-state index in [1.54, 1.807) is 0 Å². The lowest BCUT2D eigenvalue weighted by atomic mass is 10.3. The Kier molecular flexibility index (Phi) is 8.33. The Bertz CT molecular complexity index is 37.4. The third kappa shape index (κ3) is 6.68. The van der Waals surface area contributed by atoms with Crippen LogP contribution in [0.3, 0.4) is 0 Å². The summed E-state index contributed by atoms with van der Waals surface area (Å²) < 4.78 is 4.93. The second-order valence-corrected chi connectivity index (χ2v) is 2.54. The van der Waals surface area contributed by atoms with E-state index >= 15 is 0 Å². The average molecular weight is 155 g/mol. The van der Waals surface area contributed by atoms with Crippen LogP contribution in [0, 0.1) is 0 Å². The fraction of sp³-hybridized carbons (Fsp3) is 1.00. The van der Waals surface area contributed by atoms with Gasteiger partial charge >= 0.3 is 0 Å². The zero-order valence-electron chi connectivity index (χ0n) is 5.11. The van der Waals surface area contributed by atoms with E-state index in [4.69, 9.17) is 15.8 Å². The van der Waals surface area contributed by atoms with E-state index in [-0.39, 0.29) is 8.16 Å². The van der Waals surface area contributed by atoms with Crippen LogP contribution in [0.4, 0.5) is 0 Å². The van der Waals surface area contributed by atoms with Crippen LogP contribution in [0.1, 0.15) is 26.2 Å². The van der Waals surface area contributed by atoms with Crippen LogP contribution < -0.4 is 0 Å². The van der Waals surface area contributed by atoms with E-state index in [1.165, 1.54) is 12.8 Å². The minimum absolute atomic E-state index is 0.141. The Balaban J connectivity index is 2.53. The molecule has 0 saturated heterocycles. The van der Waals surface area contributed by atoms with E-state index < -0.39 is 0 Å². The zero-order chi connectivity index (χ0) is 6.24.